The lowest BCUT2D eigenvalue weighted by Crippen LogP contribution is -2.50. The number of likely N-dealkylation sites (tertiary alicyclic amines) is 2. The number of nitrogens with zero attached hydrogens (tertiary/aromatic N) is 3. The van der Waals surface area contributed by atoms with Gasteiger partial charge in [-0.2, -0.15) is 0 Å². The Bertz CT molecular complexity index is 956. The van der Waals surface area contributed by atoms with E-state index in [1.165, 1.54) is 6.33 Å². The fourth-order valence-electron chi connectivity index (χ4n) is 4.74. The highest BCUT2D eigenvalue weighted by Crippen LogP contribution is 2.42. The number of carbonyl (C=O) groups is 2. The number of ether oxygens (including phenoxy) is 2. The van der Waals surface area contributed by atoms with Crippen LogP contribution in [0.2, 0.25) is 0 Å². The molecule has 2 aromatic rings. The lowest BCUT2D eigenvalue weighted by Gasteiger charge is -2.39. The molecule has 30 heavy (non-hydrogen) atoms. The summed E-state index contributed by atoms with van der Waals surface area (Å²) in [4.78, 5) is 37.2. The average Bonchev–Trinajstić information content (AvgIpc) is 3.38. The van der Waals surface area contributed by atoms with Crippen LogP contribution in [0.5, 0.6) is 11.5 Å². The minimum absolute atomic E-state index is 0.106. The zero-order valence-corrected chi connectivity index (χ0v) is 17.7. The first-order valence-corrected chi connectivity index (χ1v) is 10.3. The third-order valence-electron chi connectivity index (χ3n) is 6.34. The van der Waals surface area contributed by atoms with Crippen LogP contribution in [0, 0.1) is 12.3 Å². The van der Waals surface area contributed by atoms with Crippen LogP contribution in [0.1, 0.15) is 41.0 Å². The van der Waals surface area contributed by atoms with E-state index in [4.69, 9.17) is 9.47 Å². The number of imidazole rings is 1. The quantitative estimate of drug-likeness (QED) is 0.815. The van der Waals surface area contributed by atoms with Gasteiger partial charge in [0.25, 0.3) is 5.91 Å². The number of methoxy groups -OCH3 is 2. The molecular formula is C22H28N4O4. The molecule has 8 nitrogen and oxygen atoms in total. The summed E-state index contributed by atoms with van der Waals surface area (Å²) in [6.45, 7) is 4.03. The van der Waals surface area contributed by atoms with Crippen molar-refractivity contribution in [2.75, 3.05) is 33.9 Å². The summed E-state index contributed by atoms with van der Waals surface area (Å²) in [6.07, 6.45) is 3.94. The van der Waals surface area contributed by atoms with Crippen molar-refractivity contribution in [2.45, 2.75) is 32.7 Å². The van der Waals surface area contributed by atoms with Gasteiger partial charge in [-0.05, 0) is 32.3 Å². The van der Waals surface area contributed by atoms with Crippen LogP contribution in [0.4, 0.5) is 0 Å². The number of benzene rings is 1. The number of piperidine rings is 1. The predicted octanol–water partition coefficient (Wildman–Crippen LogP) is 2.39. The van der Waals surface area contributed by atoms with Crippen LogP contribution in [-0.2, 0) is 11.3 Å². The molecule has 0 saturated carbocycles. The normalized spacial score (nSPS) is 21.4. The van der Waals surface area contributed by atoms with E-state index in [-0.39, 0.29) is 11.8 Å². The molecule has 2 saturated heterocycles. The average molecular weight is 412 g/mol. The van der Waals surface area contributed by atoms with Crippen LogP contribution in [0.15, 0.2) is 24.5 Å². The SMILES string of the molecule is COc1cccc(CN2CCC[C@]3(CCN(C(=O)c4nc[nH]c4C)C3)C2=O)c1OC. The first-order valence-electron chi connectivity index (χ1n) is 10.3. The molecule has 160 valence electrons. The topological polar surface area (TPSA) is 87.8 Å². The van der Waals surface area contributed by atoms with Gasteiger partial charge >= 0.3 is 0 Å². The first-order chi connectivity index (χ1) is 14.5. The number of hydrogen-bond acceptors (Lipinski definition) is 5. The summed E-state index contributed by atoms with van der Waals surface area (Å²) in [5.74, 6) is 1.32. The number of rotatable bonds is 5. The van der Waals surface area contributed by atoms with E-state index in [2.05, 4.69) is 9.97 Å². The van der Waals surface area contributed by atoms with Gasteiger partial charge in [-0.15, -0.1) is 0 Å². The first kappa shape index (κ1) is 20.3. The van der Waals surface area contributed by atoms with Crippen molar-refractivity contribution in [2.24, 2.45) is 5.41 Å². The lowest BCUT2D eigenvalue weighted by molar-refractivity contribution is -0.146. The predicted molar refractivity (Wildman–Crippen MR) is 110 cm³/mol. The molecule has 0 unspecified atom stereocenters. The summed E-state index contributed by atoms with van der Waals surface area (Å²) < 4.78 is 10.9. The van der Waals surface area contributed by atoms with Crippen LogP contribution >= 0.6 is 0 Å². The molecule has 0 radical (unpaired) electrons. The van der Waals surface area contributed by atoms with Gasteiger partial charge in [0.2, 0.25) is 5.91 Å². The Morgan fingerprint density at radius 2 is 2.07 bits per heavy atom. The number of H-pyrrole nitrogens is 1. The Kier molecular flexibility index (Phi) is 5.40. The second-order valence-corrected chi connectivity index (χ2v) is 8.12. The highest BCUT2D eigenvalue weighted by atomic mass is 16.5. The largest absolute Gasteiger partial charge is 0.493 e. The van der Waals surface area contributed by atoms with Crippen molar-refractivity contribution < 1.29 is 19.1 Å². The highest BCUT2D eigenvalue weighted by Gasteiger charge is 2.49. The van der Waals surface area contributed by atoms with Crippen molar-refractivity contribution in [1.82, 2.24) is 19.8 Å². The number of para-hydroxylation sites is 1. The van der Waals surface area contributed by atoms with Gasteiger partial charge in [0.1, 0.15) is 5.69 Å². The van der Waals surface area contributed by atoms with Crippen LogP contribution in [0.3, 0.4) is 0 Å². The molecule has 2 aliphatic rings. The monoisotopic (exact) mass is 412 g/mol. The minimum atomic E-state index is -0.510. The number of hydrogen-bond donors (Lipinski definition) is 1. The fourth-order valence-corrected chi connectivity index (χ4v) is 4.74. The van der Waals surface area contributed by atoms with Crippen molar-refractivity contribution in [3.8, 4) is 11.5 Å². The van der Waals surface area contributed by atoms with Crippen molar-refractivity contribution in [3.63, 3.8) is 0 Å². The summed E-state index contributed by atoms with van der Waals surface area (Å²) in [7, 11) is 3.21. The smallest absolute Gasteiger partial charge is 0.274 e. The van der Waals surface area contributed by atoms with E-state index >= 15 is 0 Å². The zero-order valence-electron chi connectivity index (χ0n) is 17.7. The Balaban J connectivity index is 1.52. The number of nitrogens with one attached hydrogen (secondary N) is 1. The van der Waals surface area contributed by atoms with E-state index in [0.29, 0.717) is 49.8 Å². The zero-order chi connectivity index (χ0) is 21.3. The van der Waals surface area contributed by atoms with E-state index in [9.17, 15) is 9.59 Å². The number of aryl methyl sites for hydroxylation is 1. The Labute approximate surface area is 176 Å². The fraction of sp³-hybridized carbons (Fsp3) is 0.500. The number of carbonyl (C=O) groups excluding carboxylic acids is 2. The van der Waals surface area contributed by atoms with E-state index in [1.54, 1.807) is 19.1 Å². The van der Waals surface area contributed by atoms with Crippen molar-refractivity contribution >= 4 is 11.8 Å². The molecule has 4 rings (SSSR count). The Hall–Kier alpha value is -3.03. The van der Waals surface area contributed by atoms with Crippen molar-refractivity contribution in [1.29, 1.82) is 0 Å². The van der Waals surface area contributed by atoms with Gasteiger partial charge in [0.15, 0.2) is 11.5 Å². The molecule has 2 aliphatic heterocycles. The summed E-state index contributed by atoms with van der Waals surface area (Å²) >= 11 is 0. The molecule has 3 heterocycles. The third kappa shape index (κ3) is 3.40. The minimum Gasteiger partial charge on any atom is -0.493 e. The summed E-state index contributed by atoms with van der Waals surface area (Å²) in [6, 6.07) is 5.71. The second-order valence-electron chi connectivity index (χ2n) is 8.12. The van der Waals surface area contributed by atoms with Crippen LogP contribution < -0.4 is 9.47 Å². The third-order valence-corrected chi connectivity index (χ3v) is 6.34. The van der Waals surface area contributed by atoms with E-state index in [0.717, 1.165) is 24.1 Å². The Morgan fingerprint density at radius 3 is 2.77 bits per heavy atom. The molecule has 2 amide bonds. The van der Waals surface area contributed by atoms with Gasteiger partial charge in [0.05, 0.1) is 26.0 Å². The maximum atomic E-state index is 13.5. The number of amides is 2. The molecule has 8 heteroatoms. The molecule has 1 spiro atoms. The number of aromatic nitrogens is 2. The molecule has 0 bridgehead atoms. The van der Waals surface area contributed by atoms with Gasteiger partial charge in [0, 0.05) is 37.4 Å². The lowest BCUT2D eigenvalue weighted by atomic mass is 9.78. The summed E-state index contributed by atoms with van der Waals surface area (Å²) in [5, 5.41) is 0. The molecule has 1 aromatic carbocycles. The molecule has 1 aromatic heterocycles. The van der Waals surface area contributed by atoms with Crippen LogP contribution in [-0.4, -0.2) is 65.4 Å². The van der Waals surface area contributed by atoms with E-state index in [1.807, 2.05) is 30.0 Å². The summed E-state index contributed by atoms with van der Waals surface area (Å²) in [5.41, 5.74) is 1.60. The second kappa shape index (κ2) is 8.01. The molecule has 1 atom stereocenters. The van der Waals surface area contributed by atoms with Gasteiger partial charge in [-0.3, -0.25) is 9.59 Å². The van der Waals surface area contributed by atoms with Gasteiger partial charge in [-0.1, -0.05) is 12.1 Å². The van der Waals surface area contributed by atoms with Crippen LogP contribution in [0.25, 0.3) is 0 Å². The Morgan fingerprint density at radius 1 is 1.23 bits per heavy atom. The molecule has 2 fully saturated rings. The highest BCUT2D eigenvalue weighted by molar-refractivity contribution is 5.94. The standard InChI is InChI=1S/C22H28N4O4/c1-15-18(24-14-23-15)20(27)26-11-9-22(13-26)8-5-10-25(21(22)28)12-16-6-4-7-17(29-2)19(16)30-3/h4,6-7,14H,5,8-13H2,1-3H3,(H,23,24)/t22-/m1/s1. The van der Waals surface area contributed by atoms with Crippen molar-refractivity contribution in [3.05, 3.63) is 41.5 Å². The maximum absolute atomic E-state index is 13.5. The van der Waals surface area contributed by atoms with Gasteiger partial charge < -0.3 is 24.3 Å². The molecular weight excluding hydrogens is 384 g/mol. The molecule has 0 aliphatic carbocycles. The molecule has 1 N–H and O–H groups in total. The van der Waals surface area contributed by atoms with Gasteiger partial charge in [-0.25, -0.2) is 4.98 Å². The van der Waals surface area contributed by atoms with E-state index < -0.39 is 5.41 Å². The number of aromatic amines is 1. The maximum Gasteiger partial charge on any atom is 0.274 e.